The van der Waals surface area contributed by atoms with E-state index in [2.05, 4.69) is 0 Å². The van der Waals surface area contributed by atoms with Gasteiger partial charge in [0.05, 0.1) is 23.5 Å². The van der Waals surface area contributed by atoms with Gasteiger partial charge in [-0.25, -0.2) is 9.37 Å². The minimum atomic E-state index is -0.983. The quantitative estimate of drug-likeness (QED) is 0.380. The molecule has 5 rings (SSSR count). The lowest BCUT2D eigenvalue weighted by molar-refractivity contribution is -0.136. The van der Waals surface area contributed by atoms with E-state index in [9.17, 15) is 14.0 Å². The number of amides is 1. The molecule has 7 heteroatoms. The number of aromatic nitrogens is 1. The normalized spacial score (nSPS) is 12.7. The molecule has 0 saturated heterocycles. The van der Waals surface area contributed by atoms with Crippen molar-refractivity contribution in [2.24, 2.45) is 0 Å². The molecule has 0 fully saturated rings. The van der Waals surface area contributed by atoms with E-state index in [0.29, 0.717) is 22.8 Å². The van der Waals surface area contributed by atoms with Crippen LogP contribution in [0.1, 0.15) is 12.0 Å². The van der Waals surface area contributed by atoms with Crippen molar-refractivity contribution < 1.29 is 23.8 Å². The summed E-state index contributed by atoms with van der Waals surface area (Å²) in [6, 6.07) is 23.7. The fraction of sp³-hybridized carbons (Fsp3) is 0.138. The van der Waals surface area contributed by atoms with Gasteiger partial charge in [0.1, 0.15) is 11.6 Å². The second kappa shape index (κ2) is 9.62. The minimum Gasteiger partial charge on any atom is -0.482 e. The van der Waals surface area contributed by atoms with Gasteiger partial charge in [0.25, 0.3) is 5.91 Å². The maximum absolute atomic E-state index is 13.6. The van der Waals surface area contributed by atoms with Gasteiger partial charge in [-0.3, -0.25) is 9.59 Å². The number of carboxylic acids is 1. The first-order chi connectivity index (χ1) is 17.4. The number of carbonyl (C=O) groups excluding carboxylic acids is 1. The highest BCUT2D eigenvalue weighted by molar-refractivity contribution is 5.99. The van der Waals surface area contributed by atoms with Crippen LogP contribution < -0.4 is 9.64 Å². The van der Waals surface area contributed by atoms with E-state index in [1.54, 1.807) is 24.3 Å². The summed E-state index contributed by atoms with van der Waals surface area (Å²) in [4.78, 5) is 29.9. The molecule has 2 heterocycles. The van der Waals surface area contributed by atoms with Gasteiger partial charge in [-0.05, 0) is 72.6 Å². The number of anilines is 1. The van der Waals surface area contributed by atoms with Crippen LogP contribution in [-0.4, -0.2) is 35.1 Å². The summed E-state index contributed by atoms with van der Waals surface area (Å²) in [6.07, 6.45) is -0.175. The molecule has 1 N–H and O–H groups in total. The van der Waals surface area contributed by atoms with Gasteiger partial charge in [-0.2, -0.15) is 0 Å². The third kappa shape index (κ3) is 4.81. The highest BCUT2D eigenvalue weighted by atomic mass is 19.1. The summed E-state index contributed by atoms with van der Waals surface area (Å²) in [5, 5.41) is 9.12. The van der Waals surface area contributed by atoms with Crippen molar-refractivity contribution in [3.63, 3.8) is 0 Å². The number of halogens is 1. The molecule has 0 unspecified atom stereocenters. The lowest BCUT2D eigenvalue weighted by atomic mass is 9.99. The molecule has 1 aliphatic rings. The number of benzene rings is 3. The number of carboxylic acid groups (broad SMARTS) is 1. The summed E-state index contributed by atoms with van der Waals surface area (Å²) < 4.78 is 19.1. The zero-order chi connectivity index (χ0) is 25.2. The highest BCUT2D eigenvalue weighted by Crippen LogP contribution is 2.37. The molecule has 0 saturated carbocycles. The van der Waals surface area contributed by atoms with Crippen molar-refractivity contribution in [3.8, 4) is 39.4 Å². The first kappa shape index (κ1) is 23.2. The molecule has 0 spiro atoms. The predicted molar refractivity (Wildman–Crippen MR) is 135 cm³/mol. The zero-order valence-electron chi connectivity index (χ0n) is 19.6. The fourth-order valence-corrected chi connectivity index (χ4v) is 4.17. The number of pyridine rings is 1. The average Bonchev–Trinajstić information content (AvgIpc) is 2.88. The molecule has 0 aliphatic carbocycles. The van der Waals surface area contributed by atoms with Crippen LogP contribution in [-0.2, 0) is 9.59 Å². The number of aryl methyl sites for hydroxylation is 1. The number of hydrogen-bond acceptors (Lipinski definition) is 4. The van der Waals surface area contributed by atoms with Gasteiger partial charge in [-0.15, -0.1) is 0 Å². The second-order valence-corrected chi connectivity index (χ2v) is 8.66. The number of carbonyl (C=O) groups is 2. The molecule has 0 atom stereocenters. The fourth-order valence-electron chi connectivity index (χ4n) is 4.17. The Morgan fingerprint density at radius 1 is 0.917 bits per heavy atom. The first-order valence-electron chi connectivity index (χ1n) is 11.5. The van der Waals surface area contributed by atoms with Crippen LogP contribution in [0.25, 0.3) is 33.6 Å². The molecule has 0 radical (unpaired) electrons. The standard InChI is InChI=1S/C29H23FN2O4/c1-18-2-4-19(5-3-18)22-14-24(20-6-9-23(30)10-7-20)31-25(15-22)21-8-11-27-26(16-21)32(13-12-29(34)35)28(33)17-36-27/h2-11,14-16H,12-13,17H2,1H3,(H,34,35). The maximum Gasteiger partial charge on any atom is 0.305 e. The summed E-state index contributed by atoms with van der Waals surface area (Å²) >= 11 is 0. The Bertz CT molecular complexity index is 1390. The van der Waals surface area contributed by atoms with E-state index in [4.69, 9.17) is 14.8 Å². The van der Waals surface area contributed by atoms with E-state index in [1.165, 1.54) is 17.0 Å². The van der Waals surface area contributed by atoms with Gasteiger partial charge in [0.15, 0.2) is 6.61 Å². The van der Waals surface area contributed by atoms with Crippen LogP contribution in [0.3, 0.4) is 0 Å². The third-order valence-electron chi connectivity index (χ3n) is 6.10. The van der Waals surface area contributed by atoms with Crippen molar-refractivity contribution in [3.05, 3.63) is 90.2 Å². The molecular weight excluding hydrogens is 459 g/mol. The molecule has 1 amide bonds. The molecule has 4 aromatic rings. The van der Waals surface area contributed by atoms with Crippen LogP contribution >= 0.6 is 0 Å². The van der Waals surface area contributed by atoms with Gasteiger partial charge in [-0.1, -0.05) is 29.8 Å². The summed E-state index contributed by atoms with van der Waals surface area (Å²) in [7, 11) is 0. The molecule has 1 aliphatic heterocycles. The summed E-state index contributed by atoms with van der Waals surface area (Å²) in [5.41, 5.74) is 6.45. The number of aliphatic carboxylic acids is 1. The van der Waals surface area contributed by atoms with Gasteiger partial charge < -0.3 is 14.7 Å². The number of nitrogens with zero attached hydrogens (tertiary/aromatic N) is 2. The molecular formula is C29H23FN2O4. The lowest BCUT2D eigenvalue weighted by Gasteiger charge is -2.29. The Kier molecular flexibility index (Phi) is 6.21. The molecule has 6 nitrogen and oxygen atoms in total. The maximum atomic E-state index is 13.6. The average molecular weight is 483 g/mol. The van der Waals surface area contributed by atoms with Crippen LogP contribution in [0.5, 0.6) is 5.75 Å². The van der Waals surface area contributed by atoms with Gasteiger partial charge in [0.2, 0.25) is 0 Å². The van der Waals surface area contributed by atoms with E-state index >= 15 is 0 Å². The van der Waals surface area contributed by atoms with E-state index < -0.39 is 5.97 Å². The van der Waals surface area contributed by atoms with Crippen LogP contribution in [0.4, 0.5) is 10.1 Å². The molecule has 0 bridgehead atoms. The van der Waals surface area contributed by atoms with E-state index in [0.717, 1.165) is 27.8 Å². The lowest BCUT2D eigenvalue weighted by Crippen LogP contribution is -2.40. The largest absolute Gasteiger partial charge is 0.482 e. The summed E-state index contributed by atoms with van der Waals surface area (Å²) in [5.74, 6) is -1.09. The van der Waals surface area contributed by atoms with Crippen molar-refractivity contribution in [1.29, 1.82) is 0 Å². The van der Waals surface area contributed by atoms with Crippen LogP contribution in [0, 0.1) is 12.7 Å². The predicted octanol–water partition coefficient (Wildman–Crippen LogP) is 5.73. The monoisotopic (exact) mass is 482 g/mol. The number of rotatable bonds is 6. The van der Waals surface area contributed by atoms with Crippen molar-refractivity contribution >= 4 is 17.6 Å². The Morgan fingerprint density at radius 3 is 2.25 bits per heavy atom. The second-order valence-electron chi connectivity index (χ2n) is 8.66. The minimum absolute atomic E-state index is 0.0473. The Labute approximate surface area is 207 Å². The van der Waals surface area contributed by atoms with Crippen molar-refractivity contribution in [1.82, 2.24) is 4.98 Å². The van der Waals surface area contributed by atoms with Gasteiger partial charge >= 0.3 is 5.97 Å². The topological polar surface area (TPSA) is 79.7 Å². The third-order valence-corrected chi connectivity index (χ3v) is 6.10. The molecule has 1 aromatic heterocycles. The van der Waals surface area contributed by atoms with E-state index in [1.807, 2.05) is 49.4 Å². The van der Waals surface area contributed by atoms with Gasteiger partial charge in [0, 0.05) is 17.7 Å². The number of hydrogen-bond donors (Lipinski definition) is 1. The Morgan fingerprint density at radius 2 is 1.56 bits per heavy atom. The SMILES string of the molecule is Cc1ccc(-c2cc(-c3ccc(F)cc3)nc(-c3ccc4c(c3)N(CCC(=O)O)C(=O)CO4)c2)cc1. The highest BCUT2D eigenvalue weighted by Gasteiger charge is 2.26. The molecule has 180 valence electrons. The van der Waals surface area contributed by atoms with Crippen molar-refractivity contribution in [2.45, 2.75) is 13.3 Å². The number of fused-ring (bicyclic) bond motifs is 1. The van der Waals surface area contributed by atoms with E-state index in [-0.39, 0.29) is 31.3 Å². The smallest absolute Gasteiger partial charge is 0.305 e. The number of ether oxygens (including phenoxy) is 1. The first-order valence-corrected chi connectivity index (χ1v) is 11.5. The summed E-state index contributed by atoms with van der Waals surface area (Å²) in [6.45, 7) is 1.94. The zero-order valence-corrected chi connectivity index (χ0v) is 19.6. The molecule has 3 aromatic carbocycles. The van der Waals surface area contributed by atoms with Crippen LogP contribution in [0.15, 0.2) is 78.9 Å². The van der Waals surface area contributed by atoms with Crippen LogP contribution in [0.2, 0.25) is 0 Å². The molecule has 36 heavy (non-hydrogen) atoms. The Hall–Kier alpha value is -4.52. The van der Waals surface area contributed by atoms with Crippen molar-refractivity contribution in [2.75, 3.05) is 18.1 Å². The Balaban J connectivity index is 1.63.